The molecule has 2 aromatic rings. The zero-order chi connectivity index (χ0) is 20.5. The van der Waals surface area contributed by atoms with Crippen LogP contribution < -0.4 is 5.32 Å². The van der Waals surface area contributed by atoms with Crippen LogP contribution in [0.4, 0.5) is 5.69 Å². The van der Waals surface area contributed by atoms with Gasteiger partial charge in [-0.1, -0.05) is 39.0 Å². The summed E-state index contributed by atoms with van der Waals surface area (Å²) in [4.78, 5) is 38.2. The molecule has 1 heterocycles. The number of hydrogen-bond acceptors (Lipinski definition) is 3. The van der Waals surface area contributed by atoms with Crippen LogP contribution in [0.5, 0.6) is 0 Å². The number of nitrogens with one attached hydrogen (secondary N) is 1. The lowest BCUT2D eigenvalue weighted by Crippen LogP contribution is -2.31. The fourth-order valence-electron chi connectivity index (χ4n) is 3.14. The highest BCUT2D eigenvalue weighted by Crippen LogP contribution is 2.30. The molecule has 0 saturated heterocycles. The summed E-state index contributed by atoms with van der Waals surface area (Å²) in [6, 6.07) is 12.7. The Morgan fingerprint density at radius 3 is 2.18 bits per heavy atom. The summed E-state index contributed by atoms with van der Waals surface area (Å²) >= 11 is 3.51. The molecule has 0 atom stereocenters. The molecule has 28 heavy (non-hydrogen) atoms. The van der Waals surface area contributed by atoms with Crippen molar-refractivity contribution in [1.82, 2.24) is 4.90 Å². The van der Waals surface area contributed by atoms with E-state index in [1.54, 1.807) is 24.3 Å². The van der Waals surface area contributed by atoms with Crippen LogP contribution in [0, 0.1) is 0 Å². The van der Waals surface area contributed by atoms with Gasteiger partial charge in [0.05, 0.1) is 16.8 Å². The van der Waals surface area contributed by atoms with Gasteiger partial charge in [0, 0.05) is 17.4 Å². The Balaban J connectivity index is 1.55. The summed E-state index contributed by atoms with van der Waals surface area (Å²) in [6.07, 6.45) is 0.635. The first-order valence-electron chi connectivity index (χ1n) is 9.23. The number of nitrogens with zero attached hydrogens (tertiary/aromatic N) is 1. The number of fused-ring (bicyclic) bond motifs is 1. The number of anilines is 1. The summed E-state index contributed by atoms with van der Waals surface area (Å²) < 4.78 is 0.827. The predicted octanol–water partition coefficient (Wildman–Crippen LogP) is 4.76. The first kappa shape index (κ1) is 20.3. The minimum atomic E-state index is -0.290. The number of amides is 3. The molecule has 0 saturated carbocycles. The number of carbonyl (C=O) groups excluding carboxylic acids is 3. The normalized spacial score (nSPS) is 13.6. The van der Waals surface area contributed by atoms with E-state index in [0.29, 0.717) is 23.2 Å². The van der Waals surface area contributed by atoms with E-state index in [1.807, 2.05) is 18.2 Å². The minimum absolute atomic E-state index is 0.0252. The van der Waals surface area contributed by atoms with E-state index < -0.39 is 0 Å². The highest BCUT2D eigenvalue weighted by Gasteiger charge is 2.34. The maximum Gasteiger partial charge on any atom is 0.261 e. The fourth-order valence-corrected chi connectivity index (χ4v) is 3.61. The zero-order valence-corrected chi connectivity index (χ0v) is 17.8. The quantitative estimate of drug-likeness (QED) is 0.678. The van der Waals surface area contributed by atoms with E-state index in [9.17, 15) is 14.4 Å². The molecule has 0 spiro atoms. The molecule has 0 unspecified atom stereocenters. The Labute approximate surface area is 173 Å². The van der Waals surface area contributed by atoms with Crippen LogP contribution in [0.25, 0.3) is 0 Å². The SMILES string of the molecule is CC(C)(C)c1ccc(NC(=O)CCCN2C(=O)c3ccccc3C2=O)c(Br)c1. The second kappa shape index (κ2) is 7.87. The Bertz CT molecular complexity index is 912. The van der Waals surface area contributed by atoms with Gasteiger partial charge in [-0.15, -0.1) is 0 Å². The Morgan fingerprint density at radius 2 is 1.64 bits per heavy atom. The van der Waals surface area contributed by atoms with Crippen molar-refractivity contribution in [2.24, 2.45) is 0 Å². The van der Waals surface area contributed by atoms with Crippen molar-refractivity contribution in [2.75, 3.05) is 11.9 Å². The molecule has 0 aliphatic carbocycles. The highest BCUT2D eigenvalue weighted by molar-refractivity contribution is 9.10. The Kier molecular flexibility index (Phi) is 5.70. The molecule has 0 radical (unpaired) electrons. The molecule has 3 rings (SSSR count). The molecule has 3 amide bonds. The van der Waals surface area contributed by atoms with Crippen molar-refractivity contribution in [3.8, 4) is 0 Å². The Hall–Kier alpha value is -2.47. The van der Waals surface area contributed by atoms with Crippen molar-refractivity contribution in [3.05, 3.63) is 63.6 Å². The van der Waals surface area contributed by atoms with Gasteiger partial charge in [-0.05, 0) is 57.6 Å². The molecule has 6 heteroatoms. The number of benzene rings is 2. The van der Waals surface area contributed by atoms with Gasteiger partial charge in [0.25, 0.3) is 11.8 Å². The van der Waals surface area contributed by atoms with Crippen molar-refractivity contribution < 1.29 is 14.4 Å². The Morgan fingerprint density at radius 1 is 1.04 bits per heavy atom. The summed E-state index contributed by atoms with van der Waals surface area (Å²) in [6.45, 7) is 6.62. The van der Waals surface area contributed by atoms with Crippen molar-refractivity contribution in [2.45, 2.75) is 39.0 Å². The van der Waals surface area contributed by atoms with Crippen LogP contribution in [-0.2, 0) is 10.2 Å². The maximum absolute atomic E-state index is 12.3. The van der Waals surface area contributed by atoms with Gasteiger partial charge in [-0.25, -0.2) is 0 Å². The average Bonchev–Trinajstić information content (AvgIpc) is 2.88. The smallest absolute Gasteiger partial charge is 0.261 e. The summed E-state index contributed by atoms with van der Waals surface area (Å²) in [5.74, 6) is -0.733. The standard InChI is InChI=1S/C22H23BrN2O3/c1-22(2,3)14-10-11-18(17(23)13-14)24-19(26)9-6-12-25-20(27)15-7-4-5-8-16(15)21(25)28/h4-5,7-8,10-11,13H,6,9,12H2,1-3H3,(H,24,26). The topological polar surface area (TPSA) is 66.5 Å². The second-order valence-electron chi connectivity index (χ2n) is 7.90. The molecule has 1 aliphatic rings. The van der Waals surface area contributed by atoms with E-state index in [-0.39, 0.29) is 36.1 Å². The third kappa shape index (κ3) is 4.17. The number of rotatable bonds is 5. The number of halogens is 1. The van der Waals surface area contributed by atoms with Crippen molar-refractivity contribution >= 4 is 39.3 Å². The molecular weight excluding hydrogens is 420 g/mol. The van der Waals surface area contributed by atoms with E-state index >= 15 is 0 Å². The van der Waals surface area contributed by atoms with Gasteiger partial charge in [0.1, 0.15) is 0 Å². The third-order valence-corrected chi connectivity index (χ3v) is 5.43. The van der Waals surface area contributed by atoms with Crippen LogP contribution >= 0.6 is 15.9 Å². The molecule has 1 aliphatic heterocycles. The van der Waals surface area contributed by atoms with Gasteiger partial charge in [0.2, 0.25) is 5.91 Å². The summed E-state index contributed by atoms with van der Waals surface area (Å²) in [7, 11) is 0. The molecule has 0 aromatic heterocycles. The molecular formula is C22H23BrN2O3. The summed E-state index contributed by atoms with van der Waals surface area (Å²) in [5.41, 5.74) is 2.76. The molecule has 0 bridgehead atoms. The van der Waals surface area contributed by atoms with Crippen LogP contribution in [0.15, 0.2) is 46.9 Å². The van der Waals surface area contributed by atoms with E-state index in [4.69, 9.17) is 0 Å². The van der Waals surface area contributed by atoms with E-state index in [0.717, 1.165) is 4.47 Å². The molecule has 1 N–H and O–H groups in total. The summed E-state index contributed by atoms with van der Waals surface area (Å²) in [5, 5.41) is 2.88. The molecule has 0 fully saturated rings. The highest BCUT2D eigenvalue weighted by atomic mass is 79.9. The monoisotopic (exact) mass is 442 g/mol. The minimum Gasteiger partial charge on any atom is -0.325 e. The van der Waals surface area contributed by atoms with E-state index in [1.165, 1.54) is 10.5 Å². The largest absolute Gasteiger partial charge is 0.325 e. The van der Waals surface area contributed by atoms with Gasteiger partial charge in [-0.3, -0.25) is 19.3 Å². The van der Waals surface area contributed by atoms with Crippen molar-refractivity contribution in [3.63, 3.8) is 0 Å². The van der Waals surface area contributed by atoms with Crippen LogP contribution in [0.1, 0.15) is 59.9 Å². The van der Waals surface area contributed by atoms with Crippen LogP contribution in [0.3, 0.4) is 0 Å². The zero-order valence-electron chi connectivity index (χ0n) is 16.2. The van der Waals surface area contributed by atoms with E-state index in [2.05, 4.69) is 42.0 Å². The van der Waals surface area contributed by atoms with Gasteiger partial charge in [-0.2, -0.15) is 0 Å². The number of imide groups is 1. The van der Waals surface area contributed by atoms with Gasteiger partial charge >= 0.3 is 0 Å². The average molecular weight is 443 g/mol. The second-order valence-corrected chi connectivity index (χ2v) is 8.76. The first-order chi connectivity index (χ1) is 13.2. The van der Waals surface area contributed by atoms with Crippen LogP contribution in [-0.4, -0.2) is 29.2 Å². The maximum atomic E-state index is 12.3. The van der Waals surface area contributed by atoms with Crippen molar-refractivity contribution in [1.29, 1.82) is 0 Å². The van der Waals surface area contributed by atoms with Crippen LogP contribution in [0.2, 0.25) is 0 Å². The lowest BCUT2D eigenvalue weighted by molar-refractivity contribution is -0.116. The van der Waals surface area contributed by atoms with Gasteiger partial charge in [0.15, 0.2) is 0 Å². The van der Waals surface area contributed by atoms with Gasteiger partial charge < -0.3 is 5.32 Å². The lowest BCUT2D eigenvalue weighted by Gasteiger charge is -2.20. The fraction of sp³-hybridized carbons (Fsp3) is 0.318. The predicted molar refractivity (Wildman–Crippen MR) is 113 cm³/mol. The number of hydrogen-bond donors (Lipinski definition) is 1. The molecule has 146 valence electrons. The molecule has 5 nitrogen and oxygen atoms in total. The first-order valence-corrected chi connectivity index (χ1v) is 10.0. The third-order valence-electron chi connectivity index (χ3n) is 4.77. The lowest BCUT2D eigenvalue weighted by atomic mass is 9.87. The molecule has 2 aromatic carbocycles. The number of carbonyl (C=O) groups is 3.